The molecule has 4 nitrogen and oxygen atoms in total. The predicted octanol–water partition coefficient (Wildman–Crippen LogP) is 3.39. The van der Waals surface area contributed by atoms with Gasteiger partial charge in [-0.3, -0.25) is 0 Å². The molecule has 0 bridgehead atoms. The first-order valence-electron chi connectivity index (χ1n) is 7.98. The van der Waals surface area contributed by atoms with Crippen molar-refractivity contribution in [2.45, 2.75) is 40.2 Å². The lowest BCUT2D eigenvalue weighted by atomic mass is 10.2. The first-order chi connectivity index (χ1) is 10.3. The maximum Gasteiger partial charge on any atom is 0.127 e. The summed E-state index contributed by atoms with van der Waals surface area (Å²) in [5, 5.41) is 3.33. The van der Waals surface area contributed by atoms with Crippen molar-refractivity contribution >= 4 is 0 Å². The third kappa shape index (κ3) is 7.34. The molecule has 0 aromatic heterocycles. The van der Waals surface area contributed by atoms with E-state index in [0.29, 0.717) is 6.61 Å². The van der Waals surface area contributed by atoms with Gasteiger partial charge in [-0.15, -0.1) is 0 Å². The smallest absolute Gasteiger partial charge is 0.127 e. The van der Waals surface area contributed by atoms with E-state index in [1.807, 2.05) is 19.1 Å². The zero-order valence-electron chi connectivity index (χ0n) is 13.6. The van der Waals surface area contributed by atoms with Gasteiger partial charge >= 0.3 is 0 Å². The number of hydrogen-bond donors (Lipinski definition) is 1. The van der Waals surface area contributed by atoms with Gasteiger partial charge in [0.05, 0.1) is 13.2 Å². The fraction of sp³-hybridized carbons (Fsp3) is 0.647. The highest BCUT2D eigenvalue weighted by molar-refractivity contribution is 5.40. The Labute approximate surface area is 128 Å². The molecule has 0 aliphatic carbocycles. The predicted molar refractivity (Wildman–Crippen MR) is 86.2 cm³/mol. The van der Waals surface area contributed by atoms with E-state index in [4.69, 9.17) is 14.2 Å². The summed E-state index contributed by atoms with van der Waals surface area (Å²) in [6.07, 6.45) is 1.90. The molecule has 120 valence electrons. The molecular formula is C17H29NO3. The second-order valence-corrected chi connectivity index (χ2v) is 4.80. The molecule has 0 saturated carbocycles. The number of ether oxygens (including phenoxy) is 3. The van der Waals surface area contributed by atoms with Crippen molar-refractivity contribution in [3.8, 4) is 11.5 Å². The molecular weight excluding hydrogens is 266 g/mol. The van der Waals surface area contributed by atoms with Crippen molar-refractivity contribution in [2.24, 2.45) is 0 Å². The third-order valence-electron chi connectivity index (χ3n) is 2.97. The van der Waals surface area contributed by atoms with Crippen LogP contribution in [0.2, 0.25) is 0 Å². The van der Waals surface area contributed by atoms with Crippen molar-refractivity contribution in [1.29, 1.82) is 0 Å². The van der Waals surface area contributed by atoms with Crippen LogP contribution in [-0.4, -0.2) is 33.0 Å². The van der Waals surface area contributed by atoms with Gasteiger partial charge in [-0.2, -0.15) is 0 Å². The number of benzene rings is 1. The van der Waals surface area contributed by atoms with Crippen LogP contribution >= 0.6 is 0 Å². The second-order valence-electron chi connectivity index (χ2n) is 4.80. The second kappa shape index (κ2) is 11.4. The SMILES string of the molecule is CCCOc1ccc(CNCC)c(OCCCOCC)c1. The van der Waals surface area contributed by atoms with Gasteiger partial charge in [-0.25, -0.2) is 0 Å². The molecule has 0 amide bonds. The topological polar surface area (TPSA) is 39.7 Å². The molecule has 4 heteroatoms. The summed E-state index contributed by atoms with van der Waals surface area (Å²) in [5.41, 5.74) is 1.16. The van der Waals surface area contributed by atoms with E-state index < -0.39 is 0 Å². The maximum absolute atomic E-state index is 5.90. The molecule has 0 unspecified atom stereocenters. The van der Waals surface area contributed by atoms with Crippen LogP contribution in [0, 0.1) is 0 Å². The van der Waals surface area contributed by atoms with Crippen LogP contribution in [0.25, 0.3) is 0 Å². The van der Waals surface area contributed by atoms with Crippen molar-refractivity contribution in [3.63, 3.8) is 0 Å². The van der Waals surface area contributed by atoms with Gasteiger partial charge < -0.3 is 19.5 Å². The van der Waals surface area contributed by atoms with Crippen molar-refractivity contribution < 1.29 is 14.2 Å². The molecule has 0 aliphatic heterocycles. The number of rotatable bonds is 12. The minimum atomic E-state index is 0.663. The Kier molecular flexibility index (Phi) is 9.66. The molecule has 0 heterocycles. The van der Waals surface area contributed by atoms with Gasteiger partial charge in [-0.1, -0.05) is 19.9 Å². The molecule has 0 atom stereocenters. The Morgan fingerprint density at radius 3 is 2.57 bits per heavy atom. The Morgan fingerprint density at radius 2 is 1.86 bits per heavy atom. The monoisotopic (exact) mass is 295 g/mol. The number of hydrogen-bond acceptors (Lipinski definition) is 4. The van der Waals surface area contributed by atoms with Gasteiger partial charge in [0.2, 0.25) is 0 Å². The summed E-state index contributed by atoms with van der Waals surface area (Å²) in [4.78, 5) is 0. The average Bonchev–Trinajstić information content (AvgIpc) is 2.51. The third-order valence-corrected chi connectivity index (χ3v) is 2.97. The van der Waals surface area contributed by atoms with Gasteiger partial charge in [0.1, 0.15) is 11.5 Å². The fourth-order valence-corrected chi connectivity index (χ4v) is 1.87. The molecule has 1 aromatic rings. The van der Waals surface area contributed by atoms with Crippen LogP contribution in [0.4, 0.5) is 0 Å². The van der Waals surface area contributed by atoms with E-state index in [1.165, 1.54) is 0 Å². The normalized spacial score (nSPS) is 10.6. The summed E-state index contributed by atoms with van der Waals surface area (Å²) in [6, 6.07) is 6.07. The minimum absolute atomic E-state index is 0.663. The van der Waals surface area contributed by atoms with Crippen LogP contribution in [0.5, 0.6) is 11.5 Å². The highest BCUT2D eigenvalue weighted by Gasteiger charge is 2.06. The molecule has 1 N–H and O–H groups in total. The van der Waals surface area contributed by atoms with E-state index in [9.17, 15) is 0 Å². The highest BCUT2D eigenvalue weighted by atomic mass is 16.5. The zero-order chi connectivity index (χ0) is 15.3. The molecule has 0 spiro atoms. The highest BCUT2D eigenvalue weighted by Crippen LogP contribution is 2.25. The first-order valence-corrected chi connectivity index (χ1v) is 7.98. The van der Waals surface area contributed by atoms with E-state index in [1.54, 1.807) is 0 Å². The lowest BCUT2D eigenvalue weighted by Crippen LogP contribution is -2.13. The summed E-state index contributed by atoms with van der Waals surface area (Å²) in [5.74, 6) is 1.78. The lowest BCUT2D eigenvalue weighted by Gasteiger charge is -2.14. The van der Waals surface area contributed by atoms with Gasteiger partial charge in [0, 0.05) is 37.8 Å². The Hall–Kier alpha value is -1.26. The lowest BCUT2D eigenvalue weighted by molar-refractivity contribution is 0.130. The Bertz CT molecular complexity index is 382. The molecule has 0 fully saturated rings. The van der Waals surface area contributed by atoms with Crippen LogP contribution in [-0.2, 0) is 11.3 Å². The quantitative estimate of drug-likeness (QED) is 0.600. The molecule has 21 heavy (non-hydrogen) atoms. The van der Waals surface area contributed by atoms with Crippen molar-refractivity contribution in [3.05, 3.63) is 23.8 Å². The first kappa shape index (κ1) is 17.8. The molecule has 0 aliphatic rings. The number of nitrogens with one attached hydrogen (secondary N) is 1. The average molecular weight is 295 g/mol. The largest absolute Gasteiger partial charge is 0.493 e. The van der Waals surface area contributed by atoms with Crippen LogP contribution in [0.15, 0.2) is 18.2 Å². The van der Waals surface area contributed by atoms with Crippen LogP contribution in [0.3, 0.4) is 0 Å². The Balaban J connectivity index is 2.60. The van der Waals surface area contributed by atoms with E-state index in [0.717, 1.165) is 62.8 Å². The maximum atomic E-state index is 5.90. The van der Waals surface area contributed by atoms with Crippen LogP contribution < -0.4 is 14.8 Å². The van der Waals surface area contributed by atoms with Gasteiger partial charge in [0.15, 0.2) is 0 Å². The minimum Gasteiger partial charge on any atom is -0.493 e. The van der Waals surface area contributed by atoms with Crippen molar-refractivity contribution in [2.75, 3.05) is 33.0 Å². The summed E-state index contributed by atoms with van der Waals surface area (Å²) in [6.45, 7) is 10.9. The summed E-state index contributed by atoms with van der Waals surface area (Å²) in [7, 11) is 0. The summed E-state index contributed by atoms with van der Waals surface area (Å²) >= 11 is 0. The Morgan fingerprint density at radius 1 is 1.00 bits per heavy atom. The summed E-state index contributed by atoms with van der Waals surface area (Å²) < 4.78 is 16.9. The van der Waals surface area contributed by atoms with Gasteiger partial charge in [-0.05, 0) is 26.0 Å². The van der Waals surface area contributed by atoms with E-state index in [-0.39, 0.29) is 0 Å². The molecule has 1 aromatic carbocycles. The zero-order valence-corrected chi connectivity index (χ0v) is 13.6. The molecule has 1 rings (SSSR count). The van der Waals surface area contributed by atoms with Gasteiger partial charge in [0.25, 0.3) is 0 Å². The molecule has 0 saturated heterocycles. The van der Waals surface area contributed by atoms with E-state index >= 15 is 0 Å². The molecule has 0 radical (unpaired) electrons. The van der Waals surface area contributed by atoms with Crippen molar-refractivity contribution in [1.82, 2.24) is 5.32 Å². The van der Waals surface area contributed by atoms with Crippen LogP contribution in [0.1, 0.15) is 39.2 Å². The van der Waals surface area contributed by atoms with E-state index in [2.05, 4.69) is 25.2 Å². The standard InChI is InChI=1S/C17H29NO3/c1-4-10-20-16-9-8-15(14-18-5-2)17(13-16)21-12-7-11-19-6-3/h8-9,13,18H,4-7,10-12,14H2,1-3H3. The fourth-order valence-electron chi connectivity index (χ4n) is 1.87.